The lowest BCUT2D eigenvalue weighted by Crippen LogP contribution is -2.07. The maximum Gasteiger partial charge on any atom is 0.0676 e. The fourth-order valence-electron chi connectivity index (χ4n) is 0.540. The number of nitriles is 1. The van der Waals surface area contributed by atoms with E-state index in [-0.39, 0.29) is 6.10 Å². The monoisotopic (exact) mass is 139 g/mol. The van der Waals surface area contributed by atoms with Crippen LogP contribution in [0.4, 0.5) is 0 Å². The second kappa shape index (κ2) is 6.31. The Morgan fingerprint density at radius 2 is 2.50 bits per heavy atom. The standard InChI is InChI=1S/C8H13NO/c1-3-4-7-10-8(2)5-6-9/h3,8H,1,4-5,7H2,2H3. The van der Waals surface area contributed by atoms with E-state index in [2.05, 4.69) is 6.58 Å². The first-order valence-electron chi connectivity index (χ1n) is 3.40. The summed E-state index contributed by atoms with van der Waals surface area (Å²) in [5.41, 5.74) is 0. The first-order valence-corrected chi connectivity index (χ1v) is 3.40. The first kappa shape index (κ1) is 9.19. The third kappa shape index (κ3) is 5.33. The van der Waals surface area contributed by atoms with Gasteiger partial charge < -0.3 is 4.74 Å². The minimum Gasteiger partial charge on any atom is -0.377 e. The summed E-state index contributed by atoms with van der Waals surface area (Å²) in [5, 5.41) is 8.24. The summed E-state index contributed by atoms with van der Waals surface area (Å²) in [6, 6.07) is 2.04. The summed E-state index contributed by atoms with van der Waals surface area (Å²) in [4.78, 5) is 0. The highest BCUT2D eigenvalue weighted by Crippen LogP contribution is 1.96. The maximum atomic E-state index is 8.24. The van der Waals surface area contributed by atoms with Crippen LogP contribution >= 0.6 is 0 Å². The van der Waals surface area contributed by atoms with Crippen molar-refractivity contribution in [2.75, 3.05) is 6.61 Å². The lowest BCUT2D eigenvalue weighted by Gasteiger charge is -2.06. The van der Waals surface area contributed by atoms with Crippen molar-refractivity contribution in [3.8, 4) is 6.07 Å². The second-order valence-corrected chi connectivity index (χ2v) is 2.12. The second-order valence-electron chi connectivity index (χ2n) is 2.12. The molecule has 0 bridgehead atoms. The fraction of sp³-hybridized carbons (Fsp3) is 0.625. The van der Waals surface area contributed by atoms with Gasteiger partial charge in [0.25, 0.3) is 0 Å². The molecule has 0 aliphatic rings. The largest absolute Gasteiger partial charge is 0.377 e. The average molecular weight is 139 g/mol. The predicted octanol–water partition coefficient (Wildman–Crippen LogP) is 1.88. The molecule has 0 amide bonds. The minimum atomic E-state index is 0.0601. The molecule has 1 atom stereocenters. The van der Waals surface area contributed by atoms with E-state index >= 15 is 0 Å². The Labute approximate surface area is 62.1 Å². The van der Waals surface area contributed by atoms with Gasteiger partial charge in [0.2, 0.25) is 0 Å². The number of nitrogens with zero attached hydrogens (tertiary/aromatic N) is 1. The van der Waals surface area contributed by atoms with Gasteiger partial charge in [-0.2, -0.15) is 5.26 Å². The van der Waals surface area contributed by atoms with E-state index in [1.165, 1.54) is 0 Å². The van der Waals surface area contributed by atoms with Crippen LogP contribution in [0.15, 0.2) is 12.7 Å². The molecule has 10 heavy (non-hydrogen) atoms. The van der Waals surface area contributed by atoms with E-state index in [0.29, 0.717) is 13.0 Å². The highest BCUT2D eigenvalue weighted by molar-refractivity contribution is 4.73. The lowest BCUT2D eigenvalue weighted by molar-refractivity contribution is 0.0729. The zero-order valence-electron chi connectivity index (χ0n) is 6.34. The van der Waals surface area contributed by atoms with Gasteiger partial charge in [-0.05, 0) is 13.3 Å². The Morgan fingerprint density at radius 3 is 3.00 bits per heavy atom. The number of hydrogen-bond acceptors (Lipinski definition) is 2. The number of rotatable bonds is 5. The zero-order chi connectivity index (χ0) is 7.82. The van der Waals surface area contributed by atoms with Gasteiger partial charge in [-0.15, -0.1) is 6.58 Å². The Balaban J connectivity index is 3.14. The molecule has 0 N–H and O–H groups in total. The van der Waals surface area contributed by atoms with Crippen molar-refractivity contribution >= 4 is 0 Å². The molecule has 0 fully saturated rings. The number of ether oxygens (including phenoxy) is 1. The van der Waals surface area contributed by atoms with Gasteiger partial charge in [0.05, 0.1) is 25.2 Å². The summed E-state index contributed by atoms with van der Waals surface area (Å²) in [6.07, 6.45) is 3.19. The van der Waals surface area contributed by atoms with Gasteiger partial charge in [0.1, 0.15) is 0 Å². The van der Waals surface area contributed by atoms with Crippen molar-refractivity contribution in [1.82, 2.24) is 0 Å². The first-order chi connectivity index (χ1) is 4.81. The lowest BCUT2D eigenvalue weighted by atomic mass is 10.3. The average Bonchev–Trinajstić information content (AvgIpc) is 1.89. The van der Waals surface area contributed by atoms with Crippen molar-refractivity contribution in [2.45, 2.75) is 25.9 Å². The van der Waals surface area contributed by atoms with E-state index in [4.69, 9.17) is 10.00 Å². The van der Waals surface area contributed by atoms with Crippen LogP contribution in [0.25, 0.3) is 0 Å². The molecule has 2 heteroatoms. The quantitative estimate of drug-likeness (QED) is 0.430. The molecular formula is C8H13NO. The van der Waals surface area contributed by atoms with Gasteiger partial charge in [0.15, 0.2) is 0 Å². The topological polar surface area (TPSA) is 33.0 Å². The summed E-state index contributed by atoms with van der Waals surface area (Å²) in [5.74, 6) is 0. The van der Waals surface area contributed by atoms with Gasteiger partial charge in [-0.3, -0.25) is 0 Å². The number of hydrogen-bond donors (Lipinski definition) is 0. The molecule has 0 saturated heterocycles. The molecule has 2 nitrogen and oxygen atoms in total. The van der Waals surface area contributed by atoms with Crippen LogP contribution in [-0.2, 0) is 4.74 Å². The Kier molecular flexibility index (Phi) is 5.80. The molecule has 0 radical (unpaired) electrons. The van der Waals surface area contributed by atoms with E-state index < -0.39 is 0 Å². The molecule has 0 aliphatic carbocycles. The molecule has 0 saturated carbocycles. The predicted molar refractivity (Wildman–Crippen MR) is 40.5 cm³/mol. The van der Waals surface area contributed by atoms with Crippen molar-refractivity contribution < 1.29 is 4.74 Å². The normalized spacial score (nSPS) is 12.0. The SMILES string of the molecule is C=CCCOC(C)CC#N. The van der Waals surface area contributed by atoms with Crippen LogP contribution in [0, 0.1) is 11.3 Å². The van der Waals surface area contributed by atoms with Crippen LogP contribution in [0.1, 0.15) is 19.8 Å². The van der Waals surface area contributed by atoms with Crippen molar-refractivity contribution in [2.24, 2.45) is 0 Å². The van der Waals surface area contributed by atoms with Crippen LogP contribution < -0.4 is 0 Å². The minimum absolute atomic E-state index is 0.0601. The smallest absolute Gasteiger partial charge is 0.0676 e. The van der Waals surface area contributed by atoms with E-state index in [0.717, 1.165) is 6.42 Å². The molecule has 0 aliphatic heterocycles. The summed E-state index contributed by atoms with van der Waals surface area (Å²) in [6.45, 7) is 6.13. The summed E-state index contributed by atoms with van der Waals surface area (Å²) >= 11 is 0. The van der Waals surface area contributed by atoms with Crippen LogP contribution in [0.5, 0.6) is 0 Å². The van der Waals surface area contributed by atoms with Crippen LogP contribution in [0.3, 0.4) is 0 Å². The van der Waals surface area contributed by atoms with Crippen LogP contribution in [-0.4, -0.2) is 12.7 Å². The highest BCUT2D eigenvalue weighted by atomic mass is 16.5. The molecule has 0 aromatic rings. The molecule has 56 valence electrons. The van der Waals surface area contributed by atoms with Crippen LogP contribution in [0.2, 0.25) is 0 Å². The molecule has 0 aromatic heterocycles. The molecule has 0 aromatic carbocycles. The van der Waals surface area contributed by atoms with Gasteiger partial charge >= 0.3 is 0 Å². The van der Waals surface area contributed by atoms with E-state index in [1.807, 2.05) is 13.0 Å². The molecule has 1 unspecified atom stereocenters. The molecule has 0 spiro atoms. The summed E-state index contributed by atoms with van der Waals surface area (Å²) in [7, 11) is 0. The van der Waals surface area contributed by atoms with Crippen molar-refractivity contribution in [3.05, 3.63) is 12.7 Å². The van der Waals surface area contributed by atoms with Gasteiger partial charge in [-0.1, -0.05) is 6.08 Å². The third-order valence-corrected chi connectivity index (χ3v) is 1.10. The highest BCUT2D eigenvalue weighted by Gasteiger charge is 1.97. The van der Waals surface area contributed by atoms with Gasteiger partial charge in [-0.25, -0.2) is 0 Å². The van der Waals surface area contributed by atoms with Gasteiger partial charge in [0, 0.05) is 0 Å². The Hall–Kier alpha value is -0.810. The van der Waals surface area contributed by atoms with E-state index in [9.17, 15) is 0 Å². The third-order valence-electron chi connectivity index (χ3n) is 1.10. The van der Waals surface area contributed by atoms with E-state index in [1.54, 1.807) is 6.08 Å². The summed E-state index contributed by atoms with van der Waals surface area (Å²) < 4.78 is 5.23. The molecule has 0 rings (SSSR count). The fourth-order valence-corrected chi connectivity index (χ4v) is 0.540. The zero-order valence-corrected chi connectivity index (χ0v) is 6.34. The molecule has 0 heterocycles. The Bertz CT molecular complexity index is 126. The maximum absolute atomic E-state index is 8.24. The van der Waals surface area contributed by atoms with Crippen molar-refractivity contribution in [1.29, 1.82) is 5.26 Å². The Morgan fingerprint density at radius 1 is 1.80 bits per heavy atom. The molecular weight excluding hydrogens is 126 g/mol. The van der Waals surface area contributed by atoms with Crippen molar-refractivity contribution in [3.63, 3.8) is 0 Å².